The average molecular weight is 612 g/mol. The van der Waals surface area contributed by atoms with E-state index in [4.69, 9.17) is 16.3 Å². The minimum absolute atomic E-state index is 0.0105. The summed E-state index contributed by atoms with van der Waals surface area (Å²) in [6.07, 6.45) is -0.405. The van der Waals surface area contributed by atoms with E-state index in [2.05, 4.69) is 0 Å². The molecule has 0 fully saturated rings. The molecule has 2 unspecified atom stereocenters. The SMILES string of the molecule is CC(=O)N(c1ccc(Cl)cc1)C1CCN(C(O)c2ccc(OCCCNS(=O)(=O)C(F)(F)F)cc2)c2ccccc21. The van der Waals surface area contributed by atoms with E-state index in [1.165, 1.54) is 11.6 Å². The molecule has 2 N–H and O–H groups in total. The number of fused-ring (bicyclic) bond motifs is 1. The molecule has 3 aromatic carbocycles. The van der Waals surface area contributed by atoms with Gasteiger partial charge in [-0.15, -0.1) is 0 Å². The van der Waals surface area contributed by atoms with Crippen molar-refractivity contribution in [3.8, 4) is 5.75 Å². The van der Waals surface area contributed by atoms with Crippen LogP contribution in [0.2, 0.25) is 5.02 Å². The fraction of sp³-hybridized carbons (Fsp3) is 0.321. The van der Waals surface area contributed by atoms with Gasteiger partial charge in [0.25, 0.3) is 0 Å². The Hall–Kier alpha value is -3.32. The molecule has 1 heterocycles. The van der Waals surface area contributed by atoms with Gasteiger partial charge in [0, 0.05) is 42.0 Å². The Kier molecular flexibility index (Phi) is 9.48. The van der Waals surface area contributed by atoms with Crippen molar-refractivity contribution in [3.05, 3.63) is 88.9 Å². The molecule has 0 aromatic heterocycles. The van der Waals surface area contributed by atoms with E-state index in [1.54, 1.807) is 53.4 Å². The summed E-state index contributed by atoms with van der Waals surface area (Å²) in [5, 5.41) is 11.9. The summed E-state index contributed by atoms with van der Waals surface area (Å²) < 4.78 is 66.1. The zero-order chi connectivity index (χ0) is 29.8. The summed E-state index contributed by atoms with van der Waals surface area (Å²) in [6.45, 7) is 1.55. The number of halogens is 4. The van der Waals surface area contributed by atoms with Crippen molar-refractivity contribution >= 4 is 38.9 Å². The highest BCUT2D eigenvalue weighted by atomic mass is 35.5. The van der Waals surface area contributed by atoms with Crippen molar-refractivity contribution in [1.82, 2.24) is 4.72 Å². The fourth-order valence-corrected chi connectivity index (χ4v) is 5.44. The van der Waals surface area contributed by atoms with Crippen molar-refractivity contribution in [2.75, 3.05) is 29.5 Å². The Labute approximate surface area is 241 Å². The zero-order valence-electron chi connectivity index (χ0n) is 22.0. The Morgan fingerprint density at radius 3 is 2.41 bits per heavy atom. The number of aliphatic hydroxyl groups is 1. The Bertz CT molecular complexity index is 1450. The number of ether oxygens (including phenoxy) is 1. The van der Waals surface area contributed by atoms with Gasteiger partial charge in [-0.2, -0.15) is 13.2 Å². The van der Waals surface area contributed by atoms with Gasteiger partial charge in [0.05, 0.1) is 12.6 Å². The second-order valence-corrected chi connectivity index (χ2v) is 11.6. The largest absolute Gasteiger partial charge is 0.511 e. The first-order valence-electron chi connectivity index (χ1n) is 12.8. The van der Waals surface area contributed by atoms with E-state index in [0.717, 1.165) is 16.9 Å². The number of hydrogen-bond donors (Lipinski definition) is 2. The molecule has 0 aliphatic carbocycles. The number of nitrogens with one attached hydrogen (secondary N) is 1. The maximum absolute atomic E-state index is 12.7. The van der Waals surface area contributed by atoms with Crippen LogP contribution >= 0.6 is 11.6 Å². The predicted octanol–water partition coefficient (Wildman–Crippen LogP) is 5.54. The van der Waals surface area contributed by atoms with Gasteiger partial charge in [0.1, 0.15) is 5.75 Å². The van der Waals surface area contributed by atoms with Gasteiger partial charge in [-0.05, 0) is 60.9 Å². The summed E-state index contributed by atoms with van der Waals surface area (Å²) in [6, 6.07) is 21.0. The molecule has 13 heteroatoms. The third-order valence-corrected chi connectivity index (χ3v) is 8.11. The van der Waals surface area contributed by atoms with Gasteiger partial charge in [-0.1, -0.05) is 41.9 Å². The molecule has 1 aliphatic rings. The van der Waals surface area contributed by atoms with Gasteiger partial charge in [-0.3, -0.25) is 4.79 Å². The van der Waals surface area contributed by atoms with Crippen molar-refractivity contribution in [3.63, 3.8) is 0 Å². The minimum atomic E-state index is -5.38. The van der Waals surface area contributed by atoms with E-state index < -0.39 is 28.3 Å². The Morgan fingerprint density at radius 2 is 1.78 bits per heavy atom. The lowest BCUT2D eigenvalue weighted by Crippen LogP contribution is -2.41. The number of rotatable bonds is 10. The molecule has 8 nitrogen and oxygen atoms in total. The van der Waals surface area contributed by atoms with Crippen LogP contribution in [-0.2, 0) is 14.8 Å². The summed E-state index contributed by atoms with van der Waals surface area (Å²) in [5.74, 6) is 0.299. The third kappa shape index (κ3) is 7.13. The van der Waals surface area contributed by atoms with Crippen LogP contribution in [0.3, 0.4) is 0 Å². The Balaban J connectivity index is 1.42. The third-order valence-electron chi connectivity index (χ3n) is 6.66. The van der Waals surface area contributed by atoms with Gasteiger partial charge < -0.3 is 19.6 Å². The van der Waals surface area contributed by atoms with Crippen LogP contribution in [0.5, 0.6) is 5.75 Å². The number of aliphatic hydroxyl groups excluding tert-OH is 1. The first-order chi connectivity index (χ1) is 19.4. The summed E-state index contributed by atoms with van der Waals surface area (Å²) in [4.78, 5) is 16.3. The maximum atomic E-state index is 12.7. The zero-order valence-corrected chi connectivity index (χ0v) is 23.6. The second kappa shape index (κ2) is 12.7. The highest BCUT2D eigenvalue weighted by molar-refractivity contribution is 7.90. The number of benzene rings is 3. The molecule has 220 valence electrons. The summed E-state index contributed by atoms with van der Waals surface area (Å²) >= 11 is 6.05. The van der Waals surface area contributed by atoms with Crippen LogP contribution in [0.4, 0.5) is 24.5 Å². The number of nitrogens with zero attached hydrogens (tertiary/aromatic N) is 2. The topological polar surface area (TPSA) is 99.2 Å². The van der Waals surface area contributed by atoms with Gasteiger partial charge >= 0.3 is 15.5 Å². The molecule has 3 aromatic rings. The van der Waals surface area contributed by atoms with Crippen LogP contribution in [0.1, 0.15) is 43.2 Å². The van der Waals surface area contributed by atoms with Crippen LogP contribution in [0.25, 0.3) is 0 Å². The lowest BCUT2D eigenvalue weighted by molar-refractivity contribution is -0.117. The van der Waals surface area contributed by atoms with Gasteiger partial charge in [-0.25, -0.2) is 13.1 Å². The van der Waals surface area contributed by atoms with E-state index >= 15 is 0 Å². The van der Waals surface area contributed by atoms with E-state index in [-0.39, 0.29) is 25.0 Å². The molecule has 0 saturated carbocycles. The number of anilines is 2. The van der Waals surface area contributed by atoms with E-state index in [1.807, 2.05) is 29.2 Å². The van der Waals surface area contributed by atoms with E-state index in [9.17, 15) is 31.5 Å². The molecule has 4 rings (SSSR count). The molecule has 41 heavy (non-hydrogen) atoms. The quantitative estimate of drug-likeness (QED) is 0.292. The molecule has 1 amide bonds. The first-order valence-corrected chi connectivity index (χ1v) is 14.6. The number of carbonyl (C=O) groups is 1. The average Bonchev–Trinajstić information content (AvgIpc) is 2.93. The van der Waals surface area contributed by atoms with Crippen molar-refractivity contribution in [2.45, 2.75) is 37.5 Å². The molecular weight excluding hydrogens is 583 g/mol. The van der Waals surface area contributed by atoms with Crippen LogP contribution in [-0.4, -0.2) is 44.6 Å². The molecular formula is C28H29ClF3N3O5S. The number of carbonyl (C=O) groups excluding carboxylic acids is 1. The van der Waals surface area contributed by atoms with Crippen molar-refractivity contribution in [1.29, 1.82) is 0 Å². The van der Waals surface area contributed by atoms with Gasteiger partial charge in [0.2, 0.25) is 5.91 Å². The highest BCUT2D eigenvalue weighted by Crippen LogP contribution is 2.42. The fourth-order valence-electron chi connectivity index (χ4n) is 4.74. The monoisotopic (exact) mass is 611 g/mol. The van der Waals surface area contributed by atoms with Crippen LogP contribution in [0.15, 0.2) is 72.8 Å². The lowest BCUT2D eigenvalue weighted by atomic mass is 9.93. The number of sulfonamides is 1. The maximum Gasteiger partial charge on any atom is 0.511 e. The number of amides is 1. The predicted molar refractivity (Wildman–Crippen MR) is 150 cm³/mol. The van der Waals surface area contributed by atoms with Crippen LogP contribution < -0.4 is 19.3 Å². The number of para-hydroxylation sites is 1. The molecule has 1 aliphatic heterocycles. The molecule has 0 spiro atoms. The van der Waals surface area contributed by atoms with Crippen LogP contribution in [0, 0.1) is 0 Å². The first kappa shape index (κ1) is 30.6. The Morgan fingerprint density at radius 1 is 1.12 bits per heavy atom. The summed E-state index contributed by atoms with van der Waals surface area (Å²) in [7, 11) is -5.38. The number of alkyl halides is 3. The smallest absolute Gasteiger partial charge is 0.494 e. The summed E-state index contributed by atoms with van der Waals surface area (Å²) in [5.41, 5.74) is -2.36. The number of hydrogen-bond acceptors (Lipinski definition) is 6. The lowest BCUT2D eigenvalue weighted by Gasteiger charge is -2.42. The highest BCUT2D eigenvalue weighted by Gasteiger charge is 2.45. The van der Waals surface area contributed by atoms with Crippen molar-refractivity contribution < 1.29 is 36.2 Å². The standard InChI is InChI=1S/C28H29ClF3N3O5S/c1-19(36)35(22-11-9-21(29)10-12-22)26-15-17-34(25-6-3-2-5-24(25)26)27(37)20-7-13-23(14-8-20)40-18-4-16-33-41(38,39)28(30,31)32/h2-3,5-14,26-27,33,37H,4,15-18H2,1H3. The minimum Gasteiger partial charge on any atom is -0.494 e. The van der Waals surface area contributed by atoms with Gasteiger partial charge in [0.15, 0.2) is 6.23 Å². The van der Waals surface area contributed by atoms with Crippen molar-refractivity contribution in [2.24, 2.45) is 0 Å². The normalized spacial score (nSPS) is 16.1. The second-order valence-electron chi connectivity index (χ2n) is 9.41. The molecule has 2 atom stereocenters. The molecule has 0 saturated heterocycles. The molecule has 0 bridgehead atoms. The van der Waals surface area contributed by atoms with E-state index in [0.29, 0.717) is 29.3 Å². The molecule has 0 radical (unpaired) electrons.